The Bertz CT molecular complexity index is 831. The van der Waals surface area contributed by atoms with E-state index in [1.807, 2.05) is 50.2 Å². The highest BCUT2D eigenvalue weighted by atomic mass is 16.5. The van der Waals surface area contributed by atoms with Crippen molar-refractivity contribution >= 4 is 22.8 Å². The average Bonchev–Trinajstić information content (AvgIpc) is 2.56. The van der Waals surface area contributed by atoms with Gasteiger partial charge in [0, 0.05) is 29.0 Å². The quantitative estimate of drug-likeness (QED) is 0.575. The third-order valence-electron chi connectivity index (χ3n) is 3.30. The third-order valence-corrected chi connectivity index (χ3v) is 3.30. The van der Waals surface area contributed by atoms with E-state index in [0.29, 0.717) is 6.61 Å². The highest BCUT2D eigenvalue weighted by Gasteiger charge is 2.05. The molecule has 0 amide bonds. The van der Waals surface area contributed by atoms with E-state index in [2.05, 4.69) is 20.5 Å². The van der Waals surface area contributed by atoms with Crippen molar-refractivity contribution in [2.45, 2.75) is 13.8 Å². The average molecular weight is 306 g/mol. The number of aromatic nitrogens is 2. The largest absolute Gasteiger partial charge is 0.494 e. The van der Waals surface area contributed by atoms with Crippen LogP contribution in [0.25, 0.3) is 10.9 Å². The zero-order valence-corrected chi connectivity index (χ0v) is 13.2. The number of benzene rings is 1. The molecule has 5 nitrogen and oxygen atoms in total. The van der Waals surface area contributed by atoms with Crippen LogP contribution < -0.4 is 10.2 Å². The number of ether oxygens (including phenoxy) is 1. The number of pyridine rings is 2. The minimum absolute atomic E-state index is 0.632. The number of aryl methyl sites for hydroxylation is 1. The predicted octanol–water partition coefficient (Wildman–Crippen LogP) is 3.78. The van der Waals surface area contributed by atoms with Gasteiger partial charge < -0.3 is 4.74 Å². The minimum atomic E-state index is 0.632. The Balaban J connectivity index is 1.92. The first-order valence-electron chi connectivity index (χ1n) is 7.49. The summed E-state index contributed by atoms with van der Waals surface area (Å²) in [6.45, 7) is 4.56. The molecular weight excluding hydrogens is 288 g/mol. The zero-order valence-electron chi connectivity index (χ0n) is 13.2. The maximum Gasteiger partial charge on any atom is 0.120 e. The summed E-state index contributed by atoms with van der Waals surface area (Å²) >= 11 is 0. The van der Waals surface area contributed by atoms with Crippen LogP contribution in [0.2, 0.25) is 0 Å². The molecule has 0 aliphatic heterocycles. The van der Waals surface area contributed by atoms with E-state index in [0.717, 1.165) is 33.6 Å². The van der Waals surface area contributed by atoms with Gasteiger partial charge in [0.05, 0.1) is 24.0 Å². The van der Waals surface area contributed by atoms with Gasteiger partial charge in [0.25, 0.3) is 0 Å². The van der Waals surface area contributed by atoms with Gasteiger partial charge in [0.15, 0.2) is 0 Å². The number of hydrogen-bond acceptors (Lipinski definition) is 5. The lowest BCUT2D eigenvalue weighted by molar-refractivity contribution is 0.340. The van der Waals surface area contributed by atoms with Gasteiger partial charge in [0.2, 0.25) is 0 Å². The molecule has 3 aromatic rings. The van der Waals surface area contributed by atoms with Gasteiger partial charge in [-0.25, -0.2) is 0 Å². The van der Waals surface area contributed by atoms with Crippen molar-refractivity contribution in [1.29, 1.82) is 0 Å². The molecule has 0 aliphatic carbocycles. The van der Waals surface area contributed by atoms with Crippen molar-refractivity contribution in [1.82, 2.24) is 9.97 Å². The number of hydrazone groups is 1. The van der Waals surface area contributed by atoms with E-state index in [1.165, 1.54) is 0 Å². The summed E-state index contributed by atoms with van der Waals surface area (Å²) in [4.78, 5) is 8.61. The molecule has 0 aliphatic rings. The summed E-state index contributed by atoms with van der Waals surface area (Å²) in [6.07, 6.45) is 5.23. The van der Waals surface area contributed by atoms with Crippen LogP contribution in [0.4, 0.5) is 5.69 Å². The molecule has 0 radical (unpaired) electrons. The number of fused-ring (bicyclic) bond motifs is 1. The Morgan fingerprint density at radius 1 is 1.26 bits per heavy atom. The Kier molecular flexibility index (Phi) is 4.47. The Hall–Kier alpha value is -2.95. The van der Waals surface area contributed by atoms with Crippen molar-refractivity contribution in [3.63, 3.8) is 0 Å². The van der Waals surface area contributed by atoms with Crippen LogP contribution in [-0.4, -0.2) is 22.8 Å². The summed E-state index contributed by atoms with van der Waals surface area (Å²) in [6, 6.07) is 11.7. The highest BCUT2D eigenvalue weighted by molar-refractivity contribution is 5.93. The Morgan fingerprint density at radius 2 is 2.17 bits per heavy atom. The van der Waals surface area contributed by atoms with Crippen molar-refractivity contribution in [2.24, 2.45) is 5.10 Å². The molecule has 3 rings (SSSR count). The van der Waals surface area contributed by atoms with Crippen molar-refractivity contribution in [2.75, 3.05) is 12.0 Å². The molecule has 0 saturated carbocycles. The monoisotopic (exact) mass is 306 g/mol. The number of hydrogen-bond donors (Lipinski definition) is 1. The number of nitrogens with zero attached hydrogens (tertiary/aromatic N) is 3. The molecular formula is C18H18N4O. The molecule has 0 atom stereocenters. The fourth-order valence-electron chi connectivity index (χ4n) is 2.31. The van der Waals surface area contributed by atoms with E-state index in [4.69, 9.17) is 4.74 Å². The molecule has 0 fully saturated rings. The second kappa shape index (κ2) is 6.87. The molecule has 2 heterocycles. The van der Waals surface area contributed by atoms with Crippen LogP contribution >= 0.6 is 0 Å². The molecule has 2 aromatic heterocycles. The fourth-order valence-corrected chi connectivity index (χ4v) is 2.31. The molecule has 116 valence electrons. The number of nitrogens with one attached hydrogen (secondary N) is 1. The summed E-state index contributed by atoms with van der Waals surface area (Å²) < 4.78 is 5.57. The van der Waals surface area contributed by atoms with Gasteiger partial charge in [-0.1, -0.05) is 6.07 Å². The molecule has 0 saturated heterocycles. The second-order valence-electron chi connectivity index (χ2n) is 5.08. The Labute approximate surface area is 135 Å². The third kappa shape index (κ3) is 3.63. The van der Waals surface area contributed by atoms with Crippen LogP contribution in [0.5, 0.6) is 5.75 Å². The number of anilines is 1. The Morgan fingerprint density at radius 3 is 2.96 bits per heavy atom. The van der Waals surface area contributed by atoms with E-state index < -0.39 is 0 Å². The molecule has 1 N–H and O–H groups in total. The summed E-state index contributed by atoms with van der Waals surface area (Å²) in [7, 11) is 0. The molecule has 5 heteroatoms. The van der Waals surface area contributed by atoms with Gasteiger partial charge in [-0.3, -0.25) is 15.4 Å². The SMILES string of the molecule is CCOc1ccc2nc(C)cc(NN=Cc3cccnc3)c2c1. The lowest BCUT2D eigenvalue weighted by atomic mass is 10.1. The normalized spacial score (nSPS) is 11.0. The van der Waals surface area contributed by atoms with Crippen molar-refractivity contribution in [3.8, 4) is 5.75 Å². The van der Waals surface area contributed by atoms with E-state index >= 15 is 0 Å². The summed E-state index contributed by atoms with van der Waals surface area (Å²) in [5.74, 6) is 0.824. The number of rotatable bonds is 5. The van der Waals surface area contributed by atoms with E-state index in [1.54, 1.807) is 18.6 Å². The van der Waals surface area contributed by atoms with Crippen LogP contribution in [0.15, 0.2) is 53.9 Å². The maximum absolute atomic E-state index is 5.57. The standard InChI is InChI=1S/C18H18N4O/c1-3-23-15-6-7-17-16(10-15)18(9-13(2)21-17)22-20-12-14-5-4-8-19-11-14/h4-12H,3H2,1-2H3,(H,21,22). The van der Waals surface area contributed by atoms with E-state index in [9.17, 15) is 0 Å². The minimum Gasteiger partial charge on any atom is -0.494 e. The maximum atomic E-state index is 5.57. The zero-order chi connectivity index (χ0) is 16.1. The van der Waals surface area contributed by atoms with Gasteiger partial charge in [-0.15, -0.1) is 0 Å². The first-order chi connectivity index (χ1) is 11.3. The lowest BCUT2D eigenvalue weighted by Crippen LogP contribution is -1.96. The van der Waals surface area contributed by atoms with Crippen molar-refractivity contribution in [3.05, 3.63) is 60.0 Å². The summed E-state index contributed by atoms with van der Waals surface area (Å²) in [5.41, 5.74) is 6.77. The van der Waals surface area contributed by atoms with E-state index in [-0.39, 0.29) is 0 Å². The van der Waals surface area contributed by atoms with Gasteiger partial charge in [0.1, 0.15) is 5.75 Å². The topological polar surface area (TPSA) is 59.4 Å². The second-order valence-corrected chi connectivity index (χ2v) is 5.08. The molecule has 23 heavy (non-hydrogen) atoms. The van der Waals surface area contributed by atoms with Crippen LogP contribution in [0.3, 0.4) is 0 Å². The molecule has 0 spiro atoms. The van der Waals surface area contributed by atoms with Gasteiger partial charge in [-0.05, 0) is 44.2 Å². The van der Waals surface area contributed by atoms with Crippen LogP contribution in [0, 0.1) is 6.92 Å². The summed E-state index contributed by atoms with van der Waals surface area (Å²) in [5, 5.41) is 5.27. The first kappa shape index (κ1) is 15.0. The van der Waals surface area contributed by atoms with Gasteiger partial charge >= 0.3 is 0 Å². The van der Waals surface area contributed by atoms with Gasteiger partial charge in [-0.2, -0.15) is 5.10 Å². The van der Waals surface area contributed by atoms with Crippen LogP contribution in [0.1, 0.15) is 18.2 Å². The highest BCUT2D eigenvalue weighted by Crippen LogP contribution is 2.27. The smallest absolute Gasteiger partial charge is 0.120 e. The lowest BCUT2D eigenvalue weighted by Gasteiger charge is -2.09. The predicted molar refractivity (Wildman–Crippen MR) is 93.1 cm³/mol. The molecule has 0 bridgehead atoms. The fraction of sp³-hybridized carbons (Fsp3) is 0.167. The van der Waals surface area contributed by atoms with Crippen molar-refractivity contribution < 1.29 is 4.74 Å². The molecule has 0 unspecified atom stereocenters. The molecule has 1 aromatic carbocycles. The van der Waals surface area contributed by atoms with Crippen LogP contribution in [-0.2, 0) is 0 Å². The first-order valence-corrected chi connectivity index (χ1v) is 7.49.